The highest BCUT2D eigenvalue weighted by molar-refractivity contribution is 6.30. The average molecular weight is 332 g/mol. The molecule has 2 aromatic carbocycles. The van der Waals surface area contributed by atoms with E-state index in [2.05, 4.69) is 31.3 Å². The van der Waals surface area contributed by atoms with E-state index < -0.39 is 0 Å². The number of carbonyl (C=O) groups is 1. The van der Waals surface area contributed by atoms with Gasteiger partial charge in [0.2, 0.25) is 0 Å². The van der Waals surface area contributed by atoms with Crippen molar-refractivity contribution in [3.63, 3.8) is 0 Å². The Kier molecular flexibility index (Phi) is 6.63. The van der Waals surface area contributed by atoms with Crippen molar-refractivity contribution in [3.8, 4) is 0 Å². The van der Waals surface area contributed by atoms with Crippen molar-refractivity contribution < 1.29 is 10.1 Å². The minimum atomic E-state index is 0.0689. The summed E-state index contributed by atoms with van der Waals surface area (Å²) in [6.45, 7) is 5.28. The van der Waals surface area contributed by atoms with Crippen LogP contribution < -0.4 is 10.6 Å². The van der Waals surface area contributed by atoms with Crippen molar-refractivity contribution >= 4 is 17.5 Å². The summed E-state index contributed by atoms with van der Waals surface area (Å²) < 4.78 is 0. The fraction of sp³-hybridized carbons (Fsp3) is 0.316. The minimum Gasteiger partial charge on any atom is -0.351 e. The second-order valence-electron chi connectivity index (χ2n) is 5.81. The average Bonchev–Trinajstić information content (AvgIpc) is 2.55. The highest BCUT2D eigenvalue weighted by atomic mass is 35.5. The molecule has 0 saturated heterocycles. The summed E-state index contributed by atoms with van der Waals surface area (Å²) in [6.07, 6.45) is 0.866. The van der Waals surface area contributed by atoms with Gasteiger partial charge in [0, 0.05) is 17.1 Å². The van der Waals surface area contributed by atoms with Gasteiger partial charge in [0.15, 0.2) is 6.54 Å². The molecule has 0 saturated carbocycles. The Morgan fingerprint density at radius 1 is 1.17 bits per heavy atom. The lowest BCUT2D eigenvalue weighted by molar-refractivity contribution is -0.682. The van der Waals surface area contributed by atoms with Crippen molar-refractivity contribution in [1.29, 1.82) is 0 Å². The molecule has 0 spiro atoms. The zero-order valence-electron chi connectivity index (χ0n) is 13.7. The van der Waals surface area contributed by atoms with Crippen molar-refractivity contribution in [2.45, 2.75) is 26.3 Å². The quantitative estimate of drug-likeness (QED) is 0.805. The lowest BCUT2D eigenvalue weighted by Gasteiger charge is -2.11. The maximum absolute atomic E-state index is 11.9. The van der Waals surface area contributed by atoms with Crippen molar-refractivity contribution in [2.75, 3.05) is 13.1 Å². The van der Waals surface area contributed by atoms with E-state index in [1.165, 1.54) is 16.7 Å². The number of nitrogens with one attached hydrogen (secondary N) is 1. The SMILES string of the molecule is Cc1ccccc1CCNC(=O)C[NH2+][C@@H](C)c1ccc(Cl)cc1. The first kappa shape index (κ1) is 17.5. The Bertz CT molecular complexity index is 640. The number of amides is 1. The minimum absolute atomic E-state index is 0.0689. The fourth-order valence-electron chi connectivity index (χ4n) is 2.49. The number of nitrogens with two attached hydrogens (primary N) is 1. The third kappa shape index (κ3) is 5.70. The van der Waals surface area contributed by atoms with Crippen LogP contribution in [0.2, 0.25) is 5.02 Å². The van der Waals surface area contributed by atoms with Crippen LogP contribution in [-0.4, -0.2) is 19.0 Å². The number of halogens is 1. The summed E-state index contributed by atoms with van der Waals surface area (Å²) in [5, 5.41) is 5.75. The Labute approximate surface area is 143 Å². The summed E-state index contributed by atoms with van der Waals surface area (Å²) >= 11 is 5.89. The van der Waals surface area contributed by atoms with Gasteiger partial charge in [-0.15, -0.1) is 0 Å². The maximum atomic E-state index is 11.9. The predicted molar refractivity (Wildman–Crippen MR) is 94.6 cm³/mol. The maximum Gasteiger partial charge on any atom is 0.275 e. The van der Waals surface area contributed by atoms with E-state index in [1.807, 2.05) is 41.7 Å². The molecule has 0 heterocycles. The molecule has 0 aliphatic rings. The standard InChI is InChI=1S/C19H23ClN2O/c1-14-5-3-4-6-16(14)11-12-21-19(23)13-22-15(2)17-7-9-18(20)10-8-17/h3-10,15,22H,11-13H2,1-2H3,(H,21,23)/p+1/t15-/m0/s1. The number of quaternary nitrogens is 1. The van der Waals surface area contributed by atoms with Gasteiger partial charge in [-0.2, -0.15) is 0 Å². The molecule has 3 N–H and O–H groups in total. The molecule has 0 radical (unpaired) electrons. The molecule has 0 aliphatic carbocycles. The van der Waals surface area contributed by atoms with Crippen LogP contribution in [0.5, 0.6) is 0 Å². The van der Waals surface area contributed by atoms with E-state index in [-0.39, 0.29) is 11.9 Å². The first-order valence-electron chi connectivity index (χ1n) is 7.96. The molecule has 23 heavy (non-hydrogen) atoms. The monoisotopic (exact) mass is 331 g/mol. The van der Waals surface area contributed by atoms with E-state index in [1.54, 1.807) is 0 Å². The Balaban J connectivity index is 1.71. The normalized spacial score (nSPS) is 12.0. The number of hydrogen-bond donors (Lipinski definition) is 2. The van der Waals surface area contributed by atoms with Crippen molar-refractivity contribution in [2.24, 2.45) is 0 Å². The van der Waals surface area contributed by atoms with E-state index >= 15 is 0 Å². The van der Waals surface area contributed by atoms with Gasteiger partial charge >= 0.3 is 0 Å². The molecule has 0 unspecified atom stereocenters. The lowest BCUT2D eigenvalue weighted by Crippen LogP contribution is -2.87. The third-order valence-corrected chi connectivity index (χ3v) is 4.28. The lowest BCUT2D eigenvalue weighted by atomic mass is 10.1. The third-order valence-electron chi connectivity index (χ3n) is 4.03. The van der Waals surface area contributed by atoms with Gasteiger partial charge < -0.3 is 10.6 Å². The molecular weight excluding hydrogens is 308 g/mol. The molecule has 0 aromatic heterocycles. The van der Waals surface area contributed by atoms with E-state index in [4.69, 9.17) is 11.6 Å². The van der Waals surface area contributed by atoms with E-state index in [0.717, 1.165) is 11.4 Å². The first-order chi connectivity index (χ1) is 11.1. The molecule has 4 heteroatoms. The molecule has 0 bridgehead atoms. The van der Waals surface area contributed by atoms with Crippen LogP contribution in [0.1, 0.15) is 29.7 Å². The molecule has 1 atom stereocenters. The van der Waals surface area contributed by atoms with E-state index in [9.17, 15) is 4.79 Å². The second kappa shape index (κ2) is 8.70. The van der Waals surface area contributed by atoms with E-state index in [0.29, 0.717) is 13.1 Å². The first-order valence-corrected chi connectivity index (χ1v) is 8.34. The summed E-state index contributed by atoms with van der Waals surface area (Å²) in [4.78, 5) is 11.9. The molecule has 2 aromatic rings. The zero-order chi connectivity index (χ0) is 16.7. The molecular formula is C19H24ClN2O+. The number of benzene rings is 2. The Hall–Kier alpha value is -1.84. The van der Waals surface area contributed by atoms with Gasteiger partial charge in [-0.25, -0.2) is 0 Å². The largest absolute Gasteiger partial charge is 0.351 e. The Morgan fingerprint density at radius 3 is 2.57 bits per heavy atom. The predicted octanol–water partition coefficient (Wildman–Crippen LogP) is 2.63. The number of hydrogen-bond acceptors (Lipinski definition) is 1. The van der Waals surface area contributed by atoms with Crippen LogP contribution in [0.25, 0.3) is 0 Å². The molecule has 3 nitrogen and oxygen atoms in total. The smallest absolute Gasteiger partial charge is 0.275 e. The highest BCUT2D eigenvalue weighted by Gasteiger charge is 2.11. The second-order valence-corrected chi connectivity index (χ2v) is 6.24. The van der Waals surface area contributed by atoms with Crippen molar-refractivity contribution in [3.05, 3.63) is 70.2 Å². The van der Waals surface area contributed by atoms with Gasteiger partial charge in [0.25, 0.3) is 5.91 Å². The van der Waals surface area contributed by atoms with Gasteiger partial charge in [-0.1, -0.05) is 48.0 Å². The summed E-state index contributed by atoms with van der Waals surface area (Å²) in [6, 6.07) is 16.3. The molecule has 1 amide bonds. The van der Waals surface area contributed by atoms with Gasteiger partial charge in [0.05, 0.1) is 0 Å². The molecule has 2 rings (SSSR count). The molecule has 0 aliphatic heterocycles. The summed E-state index contributed by atoms with van der Waals surface area (Å²) in [5.74, 6) is 0.0689. The van der Waals surface area contributed by atoms with Gasteiger partial charge in [0.1, 0.15) is 6.04 Å². The zero-order valence-corrected chi connectivity index (χ0v) is 14.4. The topological polar surface area (TPSA) is 45.7 Å². The summed E-state index contributed by atoms with van der Waals surface area (Å²) in [5.41, 5.74) is 3.72. The van der Waals surface area contributed by atoms with Crippen LogP contribution >= 0.6 is 11.6 Å². The fourth-order valence-corrected chi connectivity index (χ4v) is 2.61. The van der Waals surface area contributed by atoms with Crippen LogP contribution in [-0.2, 0) is 11.2 Å². The number of aryl methyl sites for hydroxylation is 1. The summed E-state index contributed by atoms with van der Waals surface area (Å²) in [7, 11) is 0. The number of rotatable bonds is 7. The van der Waals surface area contributed by atoms with Crippen molar-refractivity contribution in [1.82, 2.24) is 5.32 Å². The van der Waals surface area contributed by atoms with Crippen LogP contribution in [0.3, 0.4) is 0 Å². The molecule has 0 fully saturated rings. The highest BCUT2D eigenvalue weighted by Crippen LogP contribution is 2.13. The van der Waals surface area contributed by atoms with Gasteiger partial charge in [-0.3, -0.25) is 4.79 Å². The van der Waals surface area contributed by atoms with Gasteiger partial charge in [-0.05, 0) is 43.5 Å². The Morgan fingerprint density at radius 2 is 1.87 bits per heavy atom. The van der Waals surface area contributed by atoms with Crippen LogP contribution in [0.4, 0.5) is 0 Å². The van der Waals surface area contributed by atoms with Crippen LogP contribution in [0.15, 0.2) is 48.5 Å². The number of carbonyl (C=O) groups excluding carboxylic acids is 1. The van der Waals surface area contributed by atoms with Crippen LogP contribution in [0, 0.1) is 6.92 Å². The molecule has 122 valence electrons.